The minimum absolute atomic E-state index is 0.121. The molecule has 0 unspecified atom stereocenters. The van der Waals surface area contributed by atoms with Crippen molar-refractivity contribution in [3.8, 4) is 0 Å². The van der Waals surface area contributed by atoms with E-state index >= 15 is 0 Å². The van der Waals surface area contributed by atoms with Gasteiger partial charge in [-0.1, -0.05) is 18.2 Å². The third kappa shape index (κ3) is 2.66. The number of carboxylic acid groups (broad SMARTS) is 1. The van der Waals surface area contributed by atoms with Crippen LogP contribution in [0.3, 0.4) is 0 Å². The number of pyridine rings is 1. The standard InChI is InChI=1S/C13H10FNO2/c14-11-8-12-10(4-2-6-15-12)7-9(11)3-1-5-13(16)17/h1-4,6-8H,5H2,(H,16,17). The molecule has 0 amide bonds. The van der Waals surface area contributed by atoms with Crippen molar-refractivity contribution in [1.82, 2.24) is 4.98 Å². The first-order valence-electron chi connectivity index (χ1n) is 5.09. The molecule has 17 heavy (non-hydrogen) atoms. The monoisotopic (exact) mass is 231 g/mol. The maximum absolute atomic E-state index is 13.6. The van der Waals surface area contributed by atoms with Crippen LogP contribution in [0.4, 0.5) is 4.39 Å². The van der Waals surface area contributed by atoms with Gasteiger partial charge in [-0.25, -0.2) is 4.39 Å². The highest BCUT2D eigenvalue weighted by Crippen LogP contribution is 2.18. The van der Waals surface area contributed by atoms with Gasteiger partial charge in [0.15, 0.2) is 0 Å². The van der Waals surface area contributed by atoms with Crippen molar-refractivity contribution < 1.29 is 14.3 Å². The van der Waals surface area contributed by atoms with Crippen LogP contribution in [-0.2, 0) is 4.79 Å². The van der Waals surface area contributed by atoms with Crippen LogP contribution in [0.15, 0.2) is 36.5 Å². The maximum atomic E-state index is 13.6. The second kappa shape index (κ2) is 4.74. The molecule has 1 N–H and O–H groups in total. The van der Waals surface area contributed by atoms with Gasteiger partial charge in [0.05, 0.1) is 11.9 Å². The number of fused-ring (bicyclic) bond motifs is 1. The lowest BCUT2D eigenvalue weighted by Crippen LogP contribution is -1.90. The molecule has 0 spiro atoms. The van der Waals surface area contributed by atoms with Gasteiger partial charge in [0.1, 0.15) is 5.82 Å². The van der Waals surface area contributed by atoms with E-state index in [-0.39, 0.29) is 6.42 Å². The first-order valence-corrected chi connectivity index (χ1v) is 5.09. The smallest absolute Gasteiger partial charge is 0.307 e. The highest BCUT2D eigenvalue weighted by molar-refractivity contribution is 5.81. The molecular weight excluding hydrogens is 221 g/mol. The molecule has 2 rings (SSSR count). The average Bonchev–Trinajstić information content (AvgIpc) is 2.29. The molecule has 0 aliphatic heterocycles. The molecule has 2 aromatic rings. The number of aromatic nitrogens is 1. The lowest BCUT2D eigenvalue weighted by Gasteiger charge is -2.00. The van der Waals surface area contributed by atoms with Gasteiger partial charge < -0.3 is 5.11 Å². The Morgan fingerprint density at radius 2 is 2.29 bits per heavy atom. The molecule has 0 bridgehead atoms. The SMILES string of the molecule is O=C(O)CC=Cc1cc2cccnc2cc1F. The van der Waals surface area contributed by atoms with Gasteiger partial charge in [-0.2, -0.15) is 0 Å². The summed E-state index contributed by atoms with van der Waals surface area (Å²) in [5.74, 6) is -1.35. The van der Waals surface area contributed by atoms with Crippen LogP contribution in [0.2, 0.25) is 0 Å². The van der Waals surface area contributed by atoms with E-state index in [4.69, 9.17) is 5.11 Å². The van der Waals surface area contributed by atoms with Crippen LogP contribution in [0.1, 0.15) is 12.0 Å². The molecule has 0 saturated heterocycles. The van der Waals surface area contributed by atoms with E-state index in [0.29, 0.717) is 11.1 Å². The first kappa shape index (κ1) is 11.3. The van der Waals surface area contributed by atoms with E-state index in [0.717, 1.165) is 5.39 Å². The lowest BCUT2D eigenvalue weighted by molar-refractivity contribution is -0.135. The third-order valence-electron chi connectivity index (χ3n) is 2.31. The molecule has 0 atom stereocenters. The molecule has 1 heterocycles. The molecule has 0 saturated carbocycles. The maximum Gasteiger partial charge on any atom is 0.307 e. The van der Waals surface area contributed by atoms with Crippen molar-refractivity contribution in [3.63, 3.8) is 0 Å². The quantitative estimate of drug-likeness (QED) is 0.883. The first-order chi connectivity index (χ1) is 8.16. The van der Waals surface area contributed by atoms with Crippen molar-refractivity contribution in [2.24, 2.45) is 0 Å². The number of halogens is 1. The second-order valence-corrected chi connectivity index (χ2v) is 3.57. The van der Waals surface area contributed by atoms with E-state index in [1.54, 1.807) is 18.3 Å². The van der Waals surface area contributed by atoms with Crippen molar-refractivity contribution in [2.75, 3.05) is 0 Å². The Balaban J connectivity index is 2.37. The third-order valence-corrected chi connectivity index (χ3v) is 2.31. The number of hydrogen-bond donors (Lipinski definition) is 1. The zero-order valence-corrected chi connectivity index (χ0v) is 8.93. The van der Waals surface area contributed by atoms with Crippen LogP contribution >= 0.6 is 0 Å². The number of carbonyl (C=O) groups is 1. The minimum Gasteiger partial charge on any atom is -0.481 e. The van der Waals surface area contributed by atoms with Crippen LogP contribution in [-0.4, -0.2) is 16.1 Å². The van der Waals surface area contributed by atoms with Crippen LogP contribution < -0.4 is 0 Å². The van der Waals surface area contributed by atoms with E-state index < -0.39 is 11.8 Å². The van der Waals surface area contributed by atoms with Crippen molar-refractivity contribution >= 4 is 22.9 Å². The van der Waals surface area contributed by atoms with E-state index in [2.05, 4.69) is 4.98 Å². The van der Waals surface area contributed by atoms with Crippen LogP contribution in [0.5, 0.6) is 0 Å². The summed E-state index contributed by atoms with van der Waals surface area (Å²) in [6, 6.07) is 6.59. The molecule has 86 valence electrons. The highest BCUT2D eigenvalue weighted by Gasteiger charge is 2.02. The Labute approximate surface area is 97.2 Å². The van der Waals surface area contributed by atoms with Gasteiger partial charge in [-0.3, -0.25) is 9.78 Å². The zero-order chi connectivity index (χ0) is 12.3. The molecule has 0 aliphatic rings. The van der Waals surface area contributed by atoms with Gasteiger partial charge >= 0.3 is 5.97 Å². The number of hydrogen-bond acceptors (Lipinski definition) is 2. The number of nitrogens with zero attached hydrogens (tertiary/aromatic N) is 1. The van der Waals surface area contributed by atoms with Crippen LogP contribution in [0.25, 0.3) is 17.0 Å². The summed E-state index contributed by atoms with van der Waals surface area (Å²) in [4.78, 5) is 14.4. The van der Waals surface area contributed by atoms with Gasteiger partial charge in [0.2, 0.25) is 0 Å². The van der Waals surface area contributed by atoms with Crippen molar-refractivity contribution in [2.45, 2.75) is 6.42 Å². The molecule has 3 nitrogen and oxygen atoms in total. The summed E-state index contributed by atoms with van der Waals surface area (Å²) in [7, 11) is 0. The average molecular weight is 231 g/mol. The summed E-state index contributed by atoms with van der Waals surface area (Å²) >= 11 is 0. The number of carboxylic acids is 1. The lowest BCUT2D eigenvalue weighted by atomic mass is 10.1. The minimum atomic E-state index is -0.941. The Hall–Kier alpha value is -2.23. The number of aliphatic carboxylic acids is 1. The number of benzene rings is 1. The van der Waals surface area contributed by atoms with Crippen LogP contribution in [0, 0.1) is 5.82 Å². The van der Waals surface area contributed by atoms with Gasteiger partial charge in [0.25, 0.3) is 0 Å². The van der Waals surface area contributed by atoms with Gasteiger partial charge in [0, 0.05) is 23.2 Å². The zero-order valence-electron chi connectivity index (χ0n) is 8.93. The molecule has 1 aromatic carbocycles. The molecule has 4 heteroatoms. The van der Waals surface area contributed by atoms with Gasteiger partial charge in [-0.15, -0.1) is 0 Å². The predicted octanol–water partition coefficient (Wildman–Crippen LogP) is 2.86. The largest absolute Gasteiger partial charge is 0.481 e. The summed E-state index contributed by atoms with van der Waals surface area (Å²) in [6.45, 7) is 0. The predicted molar refractivity (Wildman–Crippen MR) is 63.0 cm³/mol. The molecule has 1 aromatic heterocycles. The van der Waals surface area contributed by atoms with Crippen molar-refractivity contribution in [1.29, 1.82) is 0 Å². The van der Waals surface area contributed by atoms with Gasteiger partial charge in [-0.05, 0) is 12.1 Å². The second-order valence-electron chi connectivity index (χ2n) is 3.57. The fourth-order valence-corrected chi connectivity index (χ4v) is 1.53. The van der Waals surface area contributed by atoms with E-state index in [1.165, 1.54) is 18.2 Å². The normalized spacial score (nSPS) is 11.1. The Bertz CT molecular complexity index is 593. The molecular formula is C13H10FNO2. The topological polar surface area (TPSA) is 50.2 Å². The summed E-state index contributed by atoms with van der Waals surface area (Å²) in [6.07, 6.45) is 4.37. The fourth-order valence-electron chi connectivity index (χ4n) is 1.53. The molecule has 0 fully saturated rings. The fraction of sp³-hybridized carbons (Fsp3) is 0.0769. The van der Waals surface area contributed by atoms with E-state index in [1.807, 2.05) is 6.07 Å². The highest BCUT2D eigenvalue weighted by atomic mass is 19.1. The Morgan fingerprint density at radius 3 is 3.06 bits per heavy atom. The summed E-state index contributed by atoms with van der Waals surface area (Å²) < 4.78 is 13.6. The Kier molecular flexibility index (Phi) is 3.14. The Morgan fingerprint density at radius 1 is 1.47 bits per heavy atom. The number of rotatable bonds is 3. The van der Waals surface area contributed by atoms with E-state index in [9.17, 15) is 9.18 Å². The summed E-state index contributed by atoms with van der Waals surface area (Å²) in [5.41, 5.74) is 0.951. The molecule has 0 aliphatic carbocycles. The van der Waals surface area contributed by atoms with Crippen molar-refractivity contribution in [3.05, 3.63) is 47.9 Å². The summed E-state index contributed by atoms with van der Waals surface area (Å²) in [5, 5.41) is 9.30. The molecule has 0 radical (unpaired) electrons.